The summed E-state index contributed by atoms with van der Waals surface area (Å²) in [6, 6.07) is 6.04. The first-order valence-corrected chi connectivity index (χ1v) is 8.03. The second-order valence-corrected chi connectivity index (χ2v) is 6.55. The molecule has 1 aliphatic rings. The molecule has 0 spiro atoms. The first kappa shape index (κ1) is 14.9. The third-order valence-corrected chi connectivity index (χ3v) is 4.82. The van der Waals surface area contributed by atoms with Gasteiger partial charge in [0.2, 0.25) is 5.91 Å². The van der Waals surface area contributed by atoms with E-state index in [1.807, 2.05) is 13.8 Å². The van der Waals surface area contributed by atoms with Gasteiger partial charge in [0.15, 0.2) is 0 Å². The molecule has 7 heteroatoms. The monoisotopic (exact) mass is 321 g/mol. The van der Waals surface area contributed by atoms with E-state index in [1.54, 1.807) is 16.8 Å². The summed E-state index contributed by atoms with van der Waals surface area (Å²) in [4.78, 5) is 24.3. The summed E-state index contributed by atoms with van der Waals surface area (Å²) in [5.41, 5.74) is 1.08. The normalized spacial score (nSPS) is 18.0. The van der Waals surface area contributed by atoms with Crippen LogP contribution in [0.2, 0.25) is 0 Å². The van der Waals surface area contributed by atoms with E-state index in [0.29, 0.717) is 11.4 Å². The molecule has 0 aliphatic carbocycles. The number of aromatic nitrogens is 2. The van der Waals surface area contributed by atoms with Gasteiger partial charge in [0.1, 0.15) is 11.6 Å². The highest BCUT2D eigenvalue weighted by molar-refractivity contribution is 8.00. The quantitative estimate of drug-likeness (QED) is 0.893. The standard InChI is InChI=1S/C15H16FN3O2S/c1-8(2)19-14-12(15(21)18-19)13(22-7-11(20)17-14)9-3-5-10(16)6-4-9/h3-6,8,13H,7H2,1-2H3,(H,17,20)(H,18,21)/t13-/m1/s1. The van der Waals surface area contributed by atoms with Crippen molar-refractivity contribution < 1.29 is 9.18 Å². The molecule has 0 fully saturated rings. The van der Waals surface area contributed by atoms with Crippen LogP contribution in [0.1, 0.15) is 36.3 Å². The Kier molecular flexibility index (Phi) is 3.82. The second kappa shape index (κ2) is 5.64. The third-order valence-electron chi connectivity index (χ3n) is 3.55. The largest absolute Gasteiger partial charge is 0.310 e. The summed E-state index contributed by atoms with van der Waals surface area (Å²) in [5.74, 6) is 0.271. The molecule has 2 heterocycles. The fourth-order valence-electron chi connectivity index (χ4n) is 2.53. The van der Waals surface area contributed by atoms with E-state index in [0.717, 1.165) is 5.56 Å². The van der Waals surface area contributed by atoms with Gasteiger partial charge in [-0.2, -0.15) is 0 Å². The molecule has 1 aromatic carbocycles. The van der Waals surface area contributed by atoms with Crippen LogP contribution in [0.3, 0.4) is 0 Å². The number of thioether (sulfide) groups is 1. The molecule has 116 valence electrons. The zero-order valence-corrected chi connectivity index (χ0v) is 13.0. The number of aromatic amines is 1. The Morgan fingerprint density at radius 2 is 1.95 bits per heavy atom. The van der Waals surface area contributed by atoms with E-state index in [-0.39, 0.29) is 34.3 Å². The minimum absolute atomic E-state index is 0.00807. The van der Waals surface area contributed by atoms with Gasteiger partial charge in [0, 0.05) is 6.04 Å². The van der Waals surface area contributed by atoms with E-state index >= 15 is 0 Å². The molecule has 22 heavy (non-hydrogen) atoms. The Balaban J connectivity index is 2.17. The Labute approximate surface area is 130 Å². The Bertz CT molecular complexity index is 764. The fraction of sp³-hybridized carbons (Fsp3) is 0.333. The number of benzene rings is 1. The van der Waals surface area contributed by atoms with Crippen LogP contribution in [0.25, 0.3) is 0 Å². The van der Waals surface area contributed by atoms with Gasteiger partial charge in [0.25, 0.3) is 5.56 Å². The van der Waals surface area contributed by atoms with Gasteiger partial charge in [-0.3, -0.25) is 19.4 Å². The highest BCUT2D eigenvalue weighted by Gasteiger charge is 2.30. The number of amides is 1. The molecular weight excluding hydrogens is 305 g/mol. The maximum Gasteiger partial charge on any atom is 0.270 e. The summed E-state index contributed by atoms with van der Waals surface area (Å²) in [6.45, 7) is 3.85. The molecule has 0 bridgehead atoms. The van der Waals surface area contributed by atoms with Crippen LogP contribution < -0.4 is 10.9 Å². The van der Waals surface area contributed by atoms with Crippen molar-refractivity contribution in [2.75, 3.05) is 11.1 Å². The number of H-pyrrole nitrogens is 1. The average molecular weight is 321 g/mol. The van der Waals surface area contributed by atoms with Crippen LogP contribution in [0.5, 0.6) is 0 Å². The lowest BCUT2D eigenvalue weighted by Gasteiger charge is -2.15. The first-order valence-electron chi connectivity index (χ1n) is 6.98. The van der Waals surface area contributed by atoms with Crippen molar-refractivity contribution >= 4 is 23.5 Å². The average Bonchev–Trinajstić information content (AvgIpc) is 2.68. The van der Waals surface area contributed by atoms with E-state index in [4.69, 9.17) is 0 Å². The van der Waals surface area contributed by atoms with Crippen LogP contribution >= 0.6 is 11.8 Å². The van der Waals surface area contributed by atoms with Crippen molar-refractivity contribution in [2.24, 2.45) is 0 Å². The van der Waals surface area contributed by atoms with Crippen molar-refractivity contribution in [3.8, 4) is 0 Å². The highest BCUT2D eigenvalue weighted by atomic mass is 32.2. The number of rotatable bonds is 2. The summed E-state index contributed by atoms with van der Waals surface area (Å²) in [5, 5.41) is 5.27. The number of hydrogen-bond donors (Lipinski definition) is 2. The number of carbonyl (C=O) groups excluding carboxylic acids is 1. The maximum atomic E-state index is 13.1. The highest BCUT2D eigenvalue weighted by Crippen LogP contribution is 2.40. The predicted octanol–water partition coefficient (Wildman–Crippen LogP) is 2.67. The van der Waals surface area contributed by atoms with Crippen molar-refractivity contribution in [2.45, 2.75) is 25.1 Å². The molecule has 3 rings (SSSR count). The topological polar surface area (TPSA) is 66.9 Å². The van der Waals surface area contributed by atoms with Crippen LogP contribution in [-0.2, 0) is 4.79 Å². The molecule has 1 aromatic heterocycles. The minimum Gasteiger partial charge on any atom is -0.310 e. The number of fused-ring (bicyclic) bond motifs is 1. The molecule has 1 aliphatic heterocycles. The van der Waals surface area contributed by atoms with E-state index in [9.17, 15) is 14.0 Å². The lowest BCUT2D eigenvalue weighted by molar-refractivity contribution is -0.113. The number of hydrogen-bond acceptors (Lipinski definition) is 3. The minimum atomic E-state index is -0.328. The number of anilines is 1. The molecule has 2 aromatic rings. The molecule has 1 atom stereocenters. The van der Waals surface area contributed by atoms with E-state index < -0.39 is 0 Å². The Morgan fingerprint density at radius 3 is 2.59 bits per heavy atom. The number of nitrogens with one attached hydrogen (secondary N) is 2. The smallest absolute Gasteiger partial charge is 0.270 e. The Hall–Kier alpha value is -2.02. The molecule has 2 N–H and O–H groups in total. The van der Waals surface area contributed by atoms with E-state index in [2.05, 4.69) is 10.4 Å². The van der Waals surface area contributed by atoms with Gasteiger partial charge in [-0.25, -0.2) is 4.39 Å². The molecule has 5 nitrogen and oxygen atoms in total. The summed E-state index contributed by atoms with van der Waals surface area (Å²) >= 11 is 1.37. The second-order valence-electron chi connectivity index (χ2n) is 5.46. The third kappa shape index (κ3) is 2.56. The number of nitrogens with zero attached hydrogens (tertiary/aromatic N) is 1. The molecule has 0 saturated heterocycles. The SMILES string of the molecule is CC(C)n1[nH]c(=O)c2c1NC(=O)CS[C@@H]2c1ccc(F)cc1. The van der Waals surface area contributed by atoms with Gasteiger partial charge in [-0.05, 0) is 31.5 Å². The summed E-state index contributed by atoms with van der Waals surface area (Å²) < 4.78 is 14.8. The van der Waals surface area contributed by atoms with Gasteiger partial charge < -0.3 is 5.32 Å². The van der Waals surface area contributed by atoms with Gasteiger partial charge in [-0.15, -0.1) is 11.8 Å². The predicted molar refractivity (Wildman–Crippen MR) is 84.8 cm³/mol. The van der Waals surface area contributed by atoms with Gasteiger partial charge in [0.05, 0.1) is 16.6 Å². The van der Waals surface area contributed by atoms with Crippen LogP contribution in [0.15, 0.2) is 29.1 Å². The summed E-state index contributed by atoms with van der Waals surface area (Å²) in [7, 11) is 0. The van der Waals surface area contributed by atoms with E-state index in [1.165, 1.54) is 23.9 Å². The van der Waals surface area contributed by atoms with Crippen LogP contribution in [0.4, 0.5) is 10.2 Å². The fourth-order valence-corrected chi connectivity index (χ4v) is 3.66. The summed E-state index contributed by atoms with van der Waals surface area (Å²) in [6.07, 6.45) is 0. The van der Waals surface area contributed by atoms with Crippen molar-refractivity contribution in [3.05, 3.63) is 51.6 Å². The first-order chi connectivity index (χ1) is 10.5. The molecule has 0 unspecified atom stereocenters. The van der Waals surface area contributed by atoms with Gasteiger partial charge in [-0.1, -0.05) is 12.1 Å². The van der Waals surface area contributed by atoms with Crippen LogP contribution in [-0.4, -0.2) is 21.4 Å². The lowest BCUT2D eigenvalue weighted by atomic mass is 10.1. The lowest BCUT2D eigenvalue weighted by Crippen LogP contribution is -2.17. The molecule has 0 saturated carbocycles. The number of carbonyl (C=O) groups is 1. The van der Waals surface area contributed by atoms with Crippen molar-refractivity contribution in [1.82, 2.24) is 9.78 Å². The van der Waals surface area contributed by atoms with Crippen LogP contribution in [0, 0.1) is 5.82 Å². The Morgan fingerprint density at radius 1 is 1.27 bits per heavy atom. The van der Waals surface area contributed by atoms with Gasteiger partial charge >= 0.3 is 0 Å². The molecular formula is C15H16FN3O2S. The zero-order valence-electron chi connectivity index (χ0n) is 12.2. The van der Waals surface area contributed by atoms with Crippen molar-refractivity contribution in [3.63, 3.8) is 0 Å². The molecule has 0 radical (unpaired) electrons. The zero-order chi connectivity index (χ0) is 15.9. The molecule has 1 amide bonds. The maximum absolute atomic E-state index is 13.1. The number of halogens is 1. The van der Waals surface area contributed by atoms with Crippen molar-refractivity contribution in [1.29, 1.82) is 0 Å².